The number of carbonyl (C=O) groups excluding carboxylic acids is 1. The minimum absolute atomic E-state index is 0.0224. The maximum Gasteiger partial charge on any atom is 0.132 e. The van der Waals surface area contributed by atoms with Crippen molar-refractivity contribution in [3.05, 3.63) is 29.3 Å². The number of hydrogen-bond donors (Lipinski definition) is 2. The van der Waals surface area contributed by atoms with Gasteiger partial charge < -0.3 is 15.2 Å². The standard InChI is InChI=1S/C17H25NO3/c1-18-10-9-17(7-5-15(20)6-8-17)14-4-3-13(12-19)16(11-14)21-2/h3-4,11,18-19H,5-10,12H2,1-2H3. The van der Waals surface area contributed by atoms with Crippen molar-refractivity contribution in [3.63, 3.8) is 0 Å². The second kappa shape index (κ2) is 7.05. The van der Waals surface area contributed by atoms with Crippen molar-refractivity contribution in [3.8, 4) is 5.75 Å². The first-order valence-electron chi connectivity index (χ1n) is 7.60. The van der Waals surface area contributed by atoms with E-state index >= 15 is 0 Å². The maximum absolute atomic E-state index is 11.6. The number of methoxy groups -OCH3 is 1. The fourth-order valence-electron chi connectivity index (χ4n) is 3.26. The summed E-state index contributed by atoms with van der Waals surface area (Å²) in [7, 11) is 3.58. The molecule has 21 heavy (non-hydrogen) atoms. The lowest BCUT2D eigenvalue weighted by atomic mass is 9.67. The Labute approximate surface area is 126 Å². The molecule has 1 aliphatic carbocycles. The fraction of sp³-hybridized carbons (Fsp3) is 0.588. The van der Waals surface area contributed by atoms with Gasteiger partial charge in [0.15, 0.2) is 0 Å². The summed E-state index contributed by atoms with van der Waals surface area (Å²) in [6, 6.07) is 6.06. The number of benzene rings is 1. The Kier molecular flexibility index (Phi) is 5.37. The smallest absolute Gasteiger partial charge is 0.132 e. The van der Waals surface area contributed by atoms with Gasteiger partial charge in [-0.1, -0.05) is 12.1 Å². The Balaban J connectivity index is 2.34. The van der Waals surface area contributed by atoms with E-state index in [4.69, 9.17) is 4.74 Å². The van der Waals surface area contributed by atoms with E-state index in [0.29, 0.717) is 18.6 Å². The van der Waals surface area contributed by atoms with E-state index in [2.05, 4.69) is 11.4 Å². The van der Waals surface area contributed by atoms with Gasteiger partial charge in [0.05, 0.1) is 13.7 Å². The van der Waals surface area contributed by atoms with Crippen LogP contribution in [0.5, 0.6) is 5.75 Å². The van der Waals surface area contributed by atoms with Crippen LogP contribution in [0, 0.1) is 0 Å². The Morgan fingerprint density at radius 1 is 1.33 bits per heavy atom. The van der Waals surface area contributed by atoms with E-state index in [-0.39, 0.29) is 12.0 Å². The quantitative estimate of drug-likeness (QED) is 0.843. The van der Waals surface area contributed by atoms with Crippen LogP contribution in [0.3, 0.4) is 0 Å². The number of carbonyl (C=O) groups is 1. The van der Waals surface area contributed by atoms with Crippen molar-refractivity contribution in [2.45, 2.75) is 44.1 Å². The average molecular weight is 291 g/mol. The molecule has 4 heteroatoms. The molecule has 1 fully saturated rings. The van der Waals surface area contributed by atoms with E-state index in [1.54, 1.807) is 7.11 Å². The maximum atomic E-state index is 11.6. The molecular weight excluding hydrogens is 266 g/mol. The third-order valence-electron chi connectivity index (χ3n) is 4.69. The van der Waals surface area contributed by atoms with Crippen LogP contribution in [0.2, 0.25) is 0 Å². The monoisotopic (exact) mass is 291 g/mol. The number of aliphatic hydroxyl groups excluding tert-OH is 1. The van der Waals surface area contributed by atoms with E-state index in [9.17, 15) is 9.90 Å². The molecule has 0 spiro atoms. The van der Waals surface area contributed by atoms with Crippen LogP contribution in [0.1, 0.15) is 43.2 Å². The highest BCUT2D eigenvalue weighted by Gasteiger charge is 2.36. The van der Waals surface area contributed by atoms with Gasteiger partial charge in [-0.05, 0) is 49.9 Å². The van der Waals surface area contributed by atoms with Crippen molar-refractivity contribution < 1.29 is 14.6 Å². The van der Waals surface area contributed by atoms with Crippen LogP contribution in [0.15, 0.2) is 18.2 Å². The molecule has 4 nitrogen and oxygen atoms in total. The highest BCUT2D eigenvalue weighted by Crippen LogP contribution is 2.42. The van der Waals surface area contributed by atoms with Gasteiger partial charge in [0, 0.05) is 18.4 Å². The van der Waals surface area contributed by atoms with Crippen molar-refractivity contribution >= 4 is 5.78 Å². The number of hydrogen-bond acceptors (Lipinski definition) is 4. The molecule has 0 aliphatic heterocycles. The number of ketones is 1. The molecule has 0 atom stereocenters. The molecule has 0 radical (unpaired) electrons. The fourth-order valence-corrected chi connectivity index (χ4v) is 3.26. The van der Waals surface area contributed by atoms with Gasteiger partial charge in [-0.3, -0.25) is 4.79 Å². The minimum Gasteiger partial charge on any atom is -0.496 e. The summed E-state index contributed by atoms with van der Waals surface area (Å²) in [6.07, 6.45) is 4.13. The molecule has 0 bridgehead atoms. The van der Waals surface area contributed by atoms with Gasteiger partial charge >= 0.3 is 0 Å². The predicted molar refractivity (Wildman–Crippen MR) is 82.6 cm³/mol. The van der Waals surface area contributed by atoms with Gasteiger partial charge in [0.1, 0.15) is 11.5 Å². The molecule has 2 rings (SSSR count). The number of Topliss-reactive ketones (excluding diaryl/α,β-unsaturated/α-hetero) is 1. The second-order valence-electron chi connectivity index (χ2n) is 5.86. The zero-order valence-electron chi connectivity index (χ0n) is 12.9. The first-order valence-corrected chi connectivity index (χ1v) is 7.60. The van der Waals surface area contributed by atoms with Gasteiger partial charge in [0.2, 0.25) is 0 Å². The topological polar surface area (TPSA) is 58.6 Å². The lowest BCUT2D eigenvalue weighted by Crippen LogP contribution is -2.34. The number of rotatable bonds is 6. The summed E-state index contributed by atoms with van der Waals surface area (Å²) in [5.74, 6) is 1.10. The Morgan fingerprint density at radius 2 is 2.05 bits per heavy atom. The van der Waals surface area contributed by atoms with E-state index in [1.165, 1.54) is 5.56 Å². The highest BCUT2D eigenvalue weighted by molar-refractivity contribution is 5.79. The highest BCUT2D eigenvalue weighted by atomic mass is 16.5. The second-order valence-corrected chi connectivity index (χ2v) is 5.86. The molecular formula is C17H25NO3. The molecule has 1 saturated carbocycles. The van der Waals surface area contributed by atoms with Gasteiger partial charge in [-0.15, -0.1) is 0 Å². The SMILES string of the molecule is CNCCC1(c2ccc(CO)c(OC)c2)CCC(=O)CC1. The zero-order chi connectivity index (χ0) is 15.3. The number of nitrogens with one attached hydrogen (secondary N) is 1. The lowest BCUT2D eigenvalue weighted by molar-refractivity contribution is -0.121. The molecule has 1 aromatic rings. The molecule has 1 aliphatic rings. The minimum atomic E-state index is -0.0224. The van der Waals surface area contributed by atoms with Crippen LogP contribution in [-0.2, 0) is 16.8 Å². The average Bonchev–Trinajstić information content (AvgIpc) is 2.54. The summed E-state index contributed by atoms with van der Waals surface area (Å²) in [6.45, 7) is 0.906. The summed E-state index contributed by atoms with van der Waals surface area (Å²) in [4.78, 5) is 11.6. The summed E-state index contributed by atoms with van der Waals surface area (Å²) in [5.41, 5.74) is 2.06. The molecule has 116 valence electrons. The normalized spacial score (nSPS) is 17.8. The number of aliphatic hydroxyl groups is 1. The molecule has 0 aromatic heterocycles. The largest absolute Gasteiger partial charge is 0.496 e. The number of ether oxygens (including phenoxy) is 1. The first kappa shape index (κ1) is 16.0. The molecule has 0 unspecified atom stereocenters. The van der Waals surface area contributed by atoms with Crippen molar-refractivity contribution in [2.75, 3.05) is 20.7 Å². The summed E-state index contributed by atoms with van der Waals surface area (Å²) >= 11 is 0. The molecule has 0 amide bonds. The van der Waals surface area contributed by atoms with E-state index in [0.717, 1.165) is 37.1 Å². The Bertz CT molecular complexity index is 489. The van der Waals surface area contributed by atoms with Crippen molar-refractivity contribution in [2.24, 2.45) is 0 Å². The van der Waals surface area contributed by atoms with Crippen LogP contribution >= 0.6 is 0 Å². The molecule has 0 saturated heterocycles. The van der Waals surface area contributed by atoms with E-state index < -0.39 is 0 Å². The van der Waals surface area contributed by atoms with Crippen LogP contribution in [0.4, 0.5) is 0 Å². The first-order chi connectivity index (χ1) is 10.1. The van der Waals surface area contributed by atoms with Crippen LogP contribution in [0.25, 0.3) is 0 Å². The summed E-state index contributed by atoms with van der Waals surface area (Å²) in [5, 5.41) is 12.6. The zero-order valence-corrected chi connectivity index (χ0v) is 12.9. The molecule has 0 heterocycles. The third kappa shape index (κ3) is 3.44. The Morgan fingerprint density at radius 3 is 2.62 bits per heavy atom. The predicted octanol–water partition coefficient (Wildman–Crippen LogP) is 2.18. The van der Waals surface area contributed by atoms with Crippen molar-refractivity contribution in [1.82, 2.24) is 5.32 Å². The van der Waals surface area contributed by atoms with Crippen LogP contribution < -0.4 is 10.1 Å². The van der Waals surface area contributed by atoms with Gasteiger partial charge in [0.25, 0.3) is 0 Å². The van der Waals surface area contributed by atoms with Crippen molar-refractivity contribution in [1.29, 1.82) is 0 Å². The Hall–Kier alpha value is -1.39. The van der Waals surface area contributed by atoms with E-state index in [1.807, 2.05) is 19.2 Å². The van der Waals surface area contributed by atoms with Gasteiger partial charge in [-0.25, -0.2) is 0 Å². The third-order valence-corrected chi connectivity index (χ3v) is 4.69. The molecule has 1 aromatic carbocycles. The van der Waals surface area contributed by atoms with Gasteiger partial charge in [-0.2, -0.15) is 0 Å². The lowest BCUT2D eigenvalue weighted by Gasteiger charge is -2.38. The van der Waals surface area contributed by atoms with Crippen LogP contribution in [-0.4, -0.2) is 31.6 Å². The molecule has 2 N–H and O–H groups in total. The summed E-state index contributed by atoms with van der Waals surface area (Å²) < 4.78 is 5.40.